The first-order valence-corrected chi connectivity index (χ1v) is 13.7. The number of carbonyl (C=O) groups is 1. The molecule has 1 saturated heterocycles. The summed E-state index contributed by atoms with van der Waals surface area (Å²) in [5.74, 6) is 1.21. The van der Waals surface area contributed by atoms with Gasteiger partial charge in [-0.2, -0.15) is 0 Å². The molecule has 10 heteroatoms. The molecule has 0 spiro atoms. The van der Waals surface area contributed by atoms with E-state index < -0.39 is 0 Å². The Morgan fingerprint density at radius 3 is 2.66 bits per heavy atom. The van der Waals surface area contributed by atoms with Crippen molar-refractivity contribution in [2.45, 2.75) is 32.7 Å². The highest BCUT2D eigenvalue weighted by Gasteiger charge is 2.25. The van der Waals surface area contributed by atoms with E-state index in [0.717, 1.165) is 75.5 Å². The lowest BCUT2D eigenvalue weighted by Gasteiger charge is -2.23. The summed E-state index contributed by atoms with van der Waals surface area (Å²) in [4.78, 5) is 31.2. The van der Waals surface area contributed by atoms with Crippen molar-refractivity contribution >= 4 is 38.7 Å². The fraction of sp³-hybridized carbons (Fsp3) is 0.258. The fourth-order valence-electron chi connectivity index (χ4n) is 5.87. The maximum atomic E-state index is 13.5. The van der Waals surface area contributed by atoms with E-state index in [0.29, 0.717) is 22.9 Å². The van der Waals surface area contributed by atoms with E-state index in [4.69, 9.17) is 19.2 Å². The van der Waals surface area contributed by atoms with Gasteiger partial charge in [0, 0.05) is 39.7 Å². The van der Waals surface area contributed by atoms with E-state index in [-0.39, 0.29) is 17.8 Å². The summed E-state index contributed by atoms with van der Waals surface area (Å²) < 4.78 is 11.3. The molecule has 41 heavy (non-hydrogen) atoms. The molecule has 0 radical (unpaired) electrons. The van der Waals surface area contributed by atoms with Crippen LogP contribution in [0, 0.1) is 13.8 Å². The largest absolute Gasteiger partial charge is 0.496 e. The number of nitrogens with one attached hydrogen (secondary N) is 3. The second-order valence-corrected chi connectivity index (χ2v) is 10.4. The van der Waals surface area contributed by atoms with Crippen molar-refractivity contribution in [2.24, 2.45) is 0 Å². The van der Waals surface area contributed by atoms with Gasteiger partial charge in [0.15, 0.2) is 0 Å². The highest BCUT2D eigenvalue weighted by Crippen LogP contribution is 2.42. The van der Waals surface area contributed by atoms with Crippen LogP contribution >= 0.6 is 0 Å². The van der Waals surface area contributed by atoms with Crippen LogP contribution in [0.1, 0.15) is 34.9 Å². The first-order valence-electron chi connectivity index (χ1n) is 13.7. The Balaban J connectivity index is 1.48. The lowest BCUT2D eigenvalue weighted by molar-refractivity contribution is 0.0919. The van der Waals surface area contributed by atoms with Gasteiger partial charge in [-0.3, -0.25) is 9.78 Å². The molecule has 4 aromatic heterocycles. The number of carbonyl (C=O) groups excluding carboxylic acids is 1. The SMILES string of the molecule is COc1cc2c(cc1-c1c(C)noc1C)[nH]c1nc(C(=O)NC3CCNCC3)nc(-c3ccnc4ccccc34)c12. The van der Waals surface area contributed by atoms with Crippen molar-refractivity contribution in [2.75, 3.05) is 20.2 Å². The molecule has 1 aliphatic heterocycles. The molecule has 206 valence electrons. The number of methoxy groups -OCH3 is 1. The monoisotopic (exact) mass is 547 g/mol. The summed E-state index contributed by atoms with van der Waals surface area (Å²) in [6.45, 7) is 5.54. The van der Waals surface area contributed by atoms with Gasteiger partial charge in [0.2, 0.25) is 5.82 Å². The topological polar surface area (TPSA) is 131 Å². The third-order valence-electron chi connectivity index (χ3n) is 7.86. The molecule has 0 bridgehead atoms. The fourth-order valence-corrected chi connectivity index (χ4v) is 5.87. The molecule has 0 aliphatic carbocycles. The lowest BCUT2D eigenvalue weighted by Crippen LogP contribution is -2.43. The number of rotatable bonds is 5. The Labute approximate surface area is 235 Å². The van der Waals surface area contributed by atoms with Crippen LogP contribution in [0.4, 0.5) is 0 Å². The van der Waals surface area contributed by atoms with Crippen molar-refractivity contribution in [3.8, 4) is 28.1 Å². The Morgan fingerprint density at radius 2 is 1.88 bits per heavy atom. The van der Waals surface area contributed by atoms with E-state index in [1.54, 1.807) is 13.3 Å². The quantitative estimate of drug-likeness (QED) is 0.272. The highest BCUT2D eigenvalue weighted by molar-refractivity contribution is 6.16. The standard InChI is InChI=1S/C31H29N7O3/c1-16-26(17(2)41-38-16)22-14-24-21(15-25(22)40-3)27-28(20-10-13-33-23-7-5-4-6-19(20)23)36-30(37-29(27)35-24)31(39)34-18-8-11-32-12-9-18/h4-7,10,13-15,18,32H,8-9,11-12H2,1-3H3,(H,34,39)(H,35,36,37). The molecule has 0 saturated carbocycles. The smallest absolute Gasteiger partial charge is 0.289 e. The second-order valence-electron chi connectivity index (χ2n) is 10.4. The molecule has 1 amide bonds. The summed E-state index contributed by atoms with van der Waals surface area (Å²) in [6, 6.07) is 13.9. The number of hydrogen-bond acceptors (Lipinski definition) is 8. The van der Waals surface area contributed by atoms with Gasteiger partial charge in [0.05, 0.1) is 35.0 Å². The number of aromatic nitrogens is 5. The molecule has 3 N–H and O–H groups in total. The molecule has 0 unspecified atom stereocenters. The number of benzene rings is 2. The maximum Gasteiger partial charge on any atom is 0.289 e. The van der Waals surface area contributed by atoms with Gasteiger partial charge < -0.3 is 24.9 Å². The molecule has 1 aliphatic rings. The minimum absolute atomic E-state index is 0.0813. The average Bonchev–Trinajstić information content (AvgIpc) is 3.53. The van der Waals surface area contributed by atoms with E-state index in [1.807, 2.05) is 56.3 Å². The summed E-state index contributed by atoms with van der Waals surface area (Å²) in [7, 11) is 1.65. The second kappa shape index (κ2) is 9.97. The van der Waals surface area contributed by atoms with E-state index >= 15 is 0 Å². The number of hydrogen-bond donors (Lipinski definition) is 3. The van der Waals surface area contributed by atoms with Crippen molar-refractivity contribution < 1.29 is 14.1 Å². The average molecular weight is 548 g/mol. The summed E-state index contributed by atoms with van der Waals surface area (Å²) >= 11 is 0. The van der Waals surface area contributed by atoms with Crippen LogP contribution in [0.5, 0.6) is 5.75 Å². The van der Waals surface area contributed by atoms with Crippen LogP contribution in [0.2, 0.25) is 0 Å². The minimum Gasteiger partial charge on any atom is -0.496 e. The van der Waals surface area contributed by atoms with Gasteiger partial charge in [-0.25, -0.2) is 9.97 Å². The summed E-state index contributed by atoms with van der Waals surface area (Å²) in [6.07, 6.45) is 3.50. The molecule has 7 rings (SSSR count). The molecule has 1 fully saturated rings. The number of piperidine rings is 1. The van der Waals surface area contributed by atoms with Crippen LogP contribution in [0.3, 0.4) is 0 Å². The Kier molecular flexibility index (Phi) is 6.12. The van der Waals surface area contributed by atoms with E-state index in [9.17, 15) is 4.79 Å². The number of aryl methyl sites for hydroxylation is 2. The zero-order valence-electron chi connectivity index (χ0n) is 23.0. The normalized spacial score (nSPS) is 14.2. The number of ether oxygens (including phenoxy) is 1. The maximum absolute atomic E-state index is 13.5. The van der Waals surface area contributed by atoms with Gasteiger partial charge in [-0.05, 0) is 64.0 Å². The Bertz CT molecular complexity index is 1930. The van der Waals surface area contributed by atoms with Gasteiger partial charge in [0.1, 0.15) is 17.2 Å². The number of fused-ring (bicyclic) bond motifs is 4. The zero-order valence-corrected chi connectivity index (χ0v) is 23.0. The van der Waals surface area contributed by atoms with Gasteiger partial charge in [-0.15, -0.1) is 0 Å². The molecular formula is C31H29N7O3. The summed E-state index contributed by atoms with van der Waals surface area (Å²) in [5, 5.41) is 13.2. The zero-order chi connectivity index (χ0) is 28.1. The van der Waals surface area contributed by atoms with Crippen LogP contribution in [0.15, 0.2) is 53.2 Å². The predicted molar refractivity (Wildman–Crippen MR) is 157 cm³/mol. The van der Waals surface area contributed by atoms with Crippen LogP contribution in [-0.4, -0.2) is 57.2 Å². The lowest BCUT2D eigenvalue weighted by atomic mass is 9.99. The number of para-hydroxylation sites is 1. The molecule has 10 nitrogen and oxygen atoms in total. The summed E-state index contributed by atoms with van der Waals surface area (Å²) in [5.41, 5.74) is 6.29. The van der Waals surface area contributed by atoms with Crippen LogP contribution < -0.4 is 15.4 Å². The van der Waals surface area contributed by atoms with E-state index in [2.05, 4.69) is 25.8 Å². The number of amides is 1. The van der Waals surface area contributed by atoms with Gasteiger partial charge >= 0.3 is 0 Å². The molecule has 2 aromatic carbocycles. The Morgan fingerprint density at radius 1 is 1.05 bits per heavy atom. The molecule has 0 atom stereocenters. The van der Waals surface area contributed by atoms with Crippen molar-refractivity contribution in [1.82, 2.24) is 35.7 Å². The van der Waals surface area contributed by atoms with Crippen LogP contribution in [-0.2, 0) is 0 Å². The van der Waals surface area contributed by atoms with Gasteiger partial charge in [0.25, 0.3) is 5.91 Å². The first-order chi connectivity index (χ1) is 20.0. The van der Waals surface area contributed by atoms with Gasteiger partial charge in [-0.1, -0.05) is 23.4 Å². The van der Waals surface area contributed by atoms with Crippen molar-refractivity contribution in [3.05, 3.63) is 65.9 Å². The third kappa shape index (κ3) is 4.27. The van der Waals surface area contributed by atoms with Crippen LogP contribution in [0.25, 0.3) is 55.2 Å². The number of pyridine rings is 1. The molecular weight excluding hydrogens is 518 g/mol. The molecule has 6 aromatic rings. The Hall–Kier alpha value is -4.83. The number of H-pyrrole nitrogens is 1. The molecule has 5 heterocycles. The van der Waals surface area contributed by atoms with Crippen molar-refractivity contribution in [3.63, 3.8) is 0 Å². The third-order valence-corrected chi connectivity index (χ3v) is 7.86. The van der Waals surface area contributed by atoms with Crippen molar-refractivity contribution in [1.29, 1.82) is 0 Å². The van der Waals surface area contributed by atoms with E-state index in [1.165, 1.54) is 0 Å². The number of aromatic amines is 1. The highest BCUT2D eigenvalue weighted by atomic mass is 16.5. The predicted octanol–water partition coefficient (Wildman–Crippen LogP) is 5.09. The minimum atomic E-state index is -0.286. The number of nitrogens with zero attached hydrogens (tertiary/aromatic N) is 4. The first kappa shape index (κ1) is 25.2.